The second-order valence-corrected chi connectivity index (χ2v) is 5.45. The molecule has 2 amide bonds. The number of hydroxylamine groups is 2. The first-order valence-corrected chi connectivity index (χ1v) is 7.54. The lowest BCUT2D eigenvalue weighted by Gasteiger charge is -2.13. The highest BCUT2D eigenvalue weighted by Gasteiger charge is 2.39. The van der Waals surface area contributed by atoms with Gasteiger partial charge in [0.05, 0.1) is 23.7 Å². The van der Waals surface area contributed by atoms with Gasteiger partial charge in [-0.05, 0) is 36.4 Å². The molecule has 0 radical (unpaired) electrons. The monoisotopic (exact) mass is 351 g/mol. The summed E-state index contributed by atoms with van der Waals surface area (Å²) in [4.78, 5) is 45.9. The molecule has 1 aromatic heterocycles. The highest BCUT2D eigenvalue weighted by molar-refractivity contribution is 6.21. The van der Waals surface area contributed by atoms with Crippen molar-refractivity contribution in [1.29, 1.82) is 0 Å². The lowest BCUT2D eigenvalue weighted by molar-refractivity contribution is -0.0589. The Labute approximate surface area is 146 Å². The molecule has 0 saturated heterocycles. The van der Waals surface area contributed by atoms with Gasteiger partial charge in [0.15, 0.2) is 5.69 Å². The van der Waals surface area contributed by atoms with Crippen molar-refractivity contribution in [3.63, 3.8) is 0 Å². The van der Waals surface area contributed by atoms with Crippen molar-refractivity contribution in [2.24, 2.45) is 0 Å². The summed E-state index contributed by atoms with van der Waals surface area (Å²) in [6.07, 6.45) is 2.57. The normalized spacial score (nSPS) is 13.0. The average molecular weight is 351 g/mol. The Morgan fingerprint density at radius 1 is 0.962 bits per heavy atom. The van der Waals surface area contributed by atoms with Crippen LogP contribution < -0.4 is 0 Å². The third kappa shape index (κ3) is 2.44. The molecule has 0 unspecified atom stereocenters. The number of nitrogens with zero attached hydrogens (tertiary/aromatic N) is 3. The van der Waals surface area contributed by atoms with Crippen LogP contribution >= 0.6 is 0 Å². The quantitative estimate of drug-likeness (QED) is 0.677. The molecule has 2 heterocycles. The van der Waals surface area contributed by atoms with Gasteiger partial charge < -0.3 is 4.84 Å². The van der Waals surface area contributed by atoms with Crippen LogP contribution in [0.15, 0.2) is 61.1 Å². The van der Waals surface area contributed by atoms with Crippen LogP contribution in [0.4, 0.5) is 4.39 Å². The number of rotatable bonds is 3. The van der Waals surface area contributed by atoms with Crippen LogP contribution in [0.1, 0.15) is 31.2 Å². The summed E-state index contributed by atoms with van der Waals surface area (Å²) in [6, 6.07) is 11.5. The van der Waals surface area contributed by atoms with Gasteiger partial charge in [0.25, 0.3) is 11.8 Å². The van der Waals surface area contributed by atoms with Crippen LogP contribution in [0, 0.1) is 5.82 Å². The van der Waals surface area contributed by atoms with Crippen LogP contribution in [-0.2, 0) is 4.84 Å². The average Bonchev–Trinajstić information content (AvgIpc) is 3.23. The number of fused-ring (bicyclic) bond motifs is 1. The fourth-order valence-electron chi connectivity index (χ4n) is 2.63. The van der Waals surface area contributed by atoms with Crippen LogP contribution in [0.3, 0.4) is 0 Å². The van der Waals surface area contributed by atoms with Crippen molar-refractivity contribution in [3.05, 3.63) is 83.7 Å². The zero-order valence-corrected chi connectivity index (χ0v) is 13.1. The molecule has 1 aliphatic rings. The Morgan fingerprint density at radius 2 is 1.58 bits per heavy atom. The number of carbonyl (C=O) groups excluding carboxylic acids is 3. The fourth-order valence-corrected chi connectivity index (χ4v) is 2.63. The fraction of sp³-hybridized carbons (Fsp3) is 0. The molecule has 0 bridgehead atoms. The van der Waals surface area contributed by atoms with Gasteiger partial charge in [0, 0.05) is 5.69 Å². The molecule has 0 spiro atoms. The first-order valence-electron chi connectivity index (χ1n) is 7.54. The zero-order chi connectivity index (χ0) is 18.3. The Balaban J connectivity index is 1.61. The minimum absolute atomic E-state index is 0.0202. The third-order valence-electron chi connectivity index (χ3n) is 3.88. The molecular weight excluding hydrogens is 341 g/mol. The summed E-state index contributed by atoms with van der Waals surface area (Å²) in [5.41, 5.74) is 0.779. The van der Waals surface area contributed by atoms with Gasteiger partial charge >= 0.3 is 5.97 Å². The minimum atomic E-state index is -0.943. The van der Waals surface area contributed by atoms with E-state index in [4.69, 9.17) is 4.84 Å². The molecule has 1 aliphatic heterocycles. The maximum absolute atomic E-state index is 13.1. The molecule has 0 N–H and O–H groups in total. The molecule has 128 valence electrons. The number of imide groups is 1. The van der Waals surface area contributed by atoms with E-state index >= 15 is 0 Å². The summed E-state index contributed by atoms with van der Waals surface area (Å²) in [6.45, 7) is 0. The third-order valence-corrected chi connectivity index (χ3v) is 3.88. The minimum Gasteiger partial charge on any atom is -0.323 e. The molecule has 0 aliphatic carbocycles. The number of carbonyl (C=O) groups is 3. The number of hydrogen-bond donors (Lipinski definition) is 0. The number of aromatic nitrogens is 2. The first-order chi connectivity index (χ1) is 12.6. The summed E-state index contributed by atoms with van der Waals surface area (Å²) >= 11 is 0. The van der Waals surface area contributed by atoms with E-state index in [1.807, 2.05) is 0 Å². The molecule has 0 fully saturated rings. The van der Waals surface area contributed by atoms with E-state index < -0.39 is 23.6 Å². The summed E-state index contributed by atoms with van der Waals surface area (Å²) < 4.78 is 14.4. The highest BCUT2D eigenvalue weighted by atomic mass is 19.1. The number of halogens is 1. The van der Waals surface area contributed by atoms with Crippen LogP contribution in [0.5, 0.6) is 0 Å². The van der Waals surface area contributed by atoms with E-state index in [2.05, 4.69) is 4.98 Å². The topological polar surface area (TPSA) is 81.5 Å². The van der Waals surface area contributed by atoms with Crippen LogP contribution in [0.25, 0.3) is 5.69 Å². The number of benzene rings is 2. The van der Waals surface area contributed by atoms with Gasteiger partial charge in [-0.3, -0.25) is 14.2 Å². The maximum Gasteiger partial charge on any atom is 0.382 e. The standard InChI is InChI=1S/C18H10FN3O4/c19-11-5-7-12(8-6-11)21-10-20-9-15(21)18(25)26-22-16(23)13-3-1-2-4-14(13)17(22)24/h1-10H. The molecule has 3 aromatic rings. The molecule has 7 nitrogen and oxygen atoms in total. The van der Waals surface area contributed by atoms with Gasteiger partial charge in [0.1, 0.15) is 5.82 Å². The summed E-state index contributed by atoms with van der Waals surface area (Å²) in [7, 11) is 0. The van der Waals surface area contributed by atoms with Crippen molar-refractivity contribution >= 4 is 17.8 Å². The zero-order valence-electron chi connectivity index (χ0n) is 13.1. The lowest BCUT2D eigenvalue weighted by atomic mass is 10.1. The van der Waals surface area contributed by atoms with Crippen molar-refractivity contribution < 1.29 is 23.6 Å². The Kier molecular flexibility index (Phi) is 3.58. The summed E-state index contributed by atoms with van der Waals surface area (Å²) in [5.74, 6) is -2.80. The molecule has 2 aromatic carbocycles. The Bertz CT molecular complexity index is 1010. The van der Waals surface area contributed by atoms with Crippen LogP contribution in [0.2, 0.25) is 0 Å². The highest BCUT2D eigenvalue weighted by Crippen LogP contribution is 2.23. The Morgan fingerprint density at radius 3 is 2.19 bits per heavy atom. The smallest absolute Gasteiger partial charge is 0.323 e. The molecule has 8 heteroatoms. The molecular formula is C18H10FN3O4. The second kappa shape index (κ2) is 5.92. The van der Waals surface area contributed by atoms with E-state index in [0.29, 0.717) is 10.8 Å². The molecule has 26 heavy (non-hydrogen) atoms. The molecule has 4 rings (SSSR count). The van der Waals surface area contributed by atoms with E-state index in [1.165, 1.54) is 53.5 Å². The van der Waals surface area contributed by atoms with E-state index in [9.17, 15) is 18.8 Å². The SMILES string of the molecule is O=C(ON1C(=O)c2ccccc2C1=O)c1cncn1-c1ccc(F)cc1. The van der Waals surface area contributed by atoms with Crippen molar-refractivity contribution in [3.8, 4) is 5.69 Å². The van der Waals surface area contributed by atoms with Gasteiger partial charge in [-0.1, -0.05) is 17.2 Å². The maximum atomic E-state index is 13.1. The van der Waals surface area contributed by atoms with Crippen molar-refractivity contribution in [2.45, 2.75) is 0 Å². The predicted octanol–water partition coefficient (Wildman–Crippen LogP) is 2.38. The van der Waals surface area contributed by atoms with Crippen molar-refractivity contribution in [1.82, 2.24) is 14.6 Å². The molecule has 0 atom stereocenters. The number of amides is 2. The number of imidazole rings is 1. The second-order valence-electron chi connectivity index (χ2n) is 5.45. The predicted molar refractivity (Wildman–Crippen MR) is 85.9 cm³/mol. The molecule has 0 saturated carbocycles. The van der Waals surface area contributed by atoms with Crippen molar-refractivity contribution in [2.75, 3.05) is 0 Å². The largest absolute Gasteiger partial charge is 0.382 e. The lowest BCUT2D eigenvalue weighted by Crippen LogP contribution is -2.33. The van der Waals surface area contributed by atoms with E-state index in [0.717, 1.165) is 0 Å². The van der Waals surface area contributed by atoms with Gasteiger partial charge in [-0.15, -0.1) is 0 Å². The Hall–Kier alpha value is -3.81. The van der Waals surface area contributed by atoms with Gasteiger partial charge in [-0.25, -0.2) is 14.2 Å². The van der Waals surface area contributed by atoms with E-state index in [1.54, 1.807) is 12.1 Å². The summed E-state index contributed by atoms with van der Waals surface area (Å²) in [5, 5.41) is 0.426. The van der Waals surface area contributed by atoms with Gasteiger partial charge in [-0.2, -0.15) is 0 Å². The first kappa shape index (κ1) is 15.7. The van der Waals surface area contributed by atoms with E-state index in [-0.39, 0.29) is 16.8 Å². The van der Waals surface area contributed by atoms with Gasteiger partial charge in [0.2, 0.25) is 0 Å². The number of hydrogen-bond acceptors (Lipinski definition) is 5. The van der Waals surface area contributed by atoms with Crippen LogP contribution in [-0.4, -0.2) is 32.4 Å².